The molecular weight excluding hydrogens is 558 g/mol. The molecule has 0 radical (unpaired) electrons. The van der Waals surface area contributed by atoms with Crippen molar-refractivity contribution < 1.29 is 45.4 Å². The Kier molecular flexibility index (Phi) is 8.79. The van der Waals surface area contributed by atoms with Crippen molar-refractivity contribution in [3.05, 3.63) is 83.2 Å². The third-order valence-electron chi connectivity index (χ3n) is 5.87. The molecule has 2 aromatic heterocycles. The van der Waals surface area contributed by atoms with Gasteiger partial charge >= 0.3 is 24.4 Å². The summed E-state index contributed by atoms with van der Waals surface area (Å²) < 4.78 is 84.9. The van der Waals surface area contributed by atoms with Gasteiger partial charge in [0, 0.05) is 31.5 Å². The van der Waals surface area contributed by atoms with E-state index in [0.717, 1.165) is 23.3 Å². The Morgan fingerprint density at radius 3 is 2.39 bits per heavy atom. The van der Waals surface area contributed by atoms with E-state index in [9.17, 15) is 35.9 Å². The molecule has 8 nitrogen and oxygen atoms in total. The number of carbonyl (C=O) groups is 2. The Morgan fingerprint density at radius 2 is 1.73 bits per heavy atom. The van der Waals surface area contributed by atoms with Crippen molar-refractivity contribution >= 4 is 23.9 Å². The maximum atomic E-state index is 12.7. The van der Waals surface area contributed by atoms with Gasteiger partial charge in [-0.15, -0.1) is 0 Å². The first-order chi connectivity index (χ1) is 19.4. The molecule has 0 aliphatic carbocycles. The number of hydrogen-bond donors (Lipinski definition) is 1. The number of benzene rings is 1. The van der Waals surface area contributed by atoms with Gasteiger partial charge in [0.2, 0.25) is 5.88 Å². The highest BCUT2D eigenvalue weighted by molar-refractivity contribution is 5.88. The molecule has 3 heterocycles. The molecule has 1 aliphatic rings. The SMILES string of the molecule is O=C(Nc1cc(COC(=O)C(F)(F)F)ccn1)N1CCC(=Cc2cccc(Oc3ccc(C(F)(F)F)cn3)c2)CC1. The van der Waals surface area contributed by atoms with Crippen LogP contribution in [0.5, 0.6) is 11.6 Å². The number of alkyl halides is 6. The smallest absolute Gasteiger partial charge is 0.454 e. The van der Waals surface area contributed by atoms with Gasteiger partial charge in [0.05, 0.1) is 5.56 Å². The van der Waals surface area contributed by atoms with E-state index in [1.807, 2.05) is 12.1 Å². The summed E-state index contributed by atoms with van der Waals surface area (Å²) in [6.07, 6.45) is -4.54. The molecule has 1 N–H and O–H groups in total. The fourth-order valence-electron chi connectivity index (χ4n) is 3.83. The minimum absolute atomic E-state index is 0.0180. The van der Waals surface area contributed by atoms with Crippen LogP contribution in [0, 0.1) is 0 Å². The largest absolute Gasteiger partial charge is 0.490 e. The number of piperidine rings is 1. The summed E-state index contributed by atoms with van der Waals surface area (Å²) >= 11 is 0. The first kappa shape index (κ1) is 29.4. The van der Waals surface area contributed by atoms with E-state index in [2.05, 4.69) is 20.0 Å². The number of nitrogens with zero attached hydrogens (tertiary/aromatic N) is 3. The van der Waals surface area contributed by atoms with Crippen molar-refractivity contribution in [2.75, 3.05) is 18.4 Å². The lowest BCUT2D eigenvalue weighted by Gasteiger charge is -2.28. The highest BCUT2D eigenvalue weighted by Gasteiger charge is 2.40. The zero-order valence-electron chi connectivity index (χ0n) is 21.1. The maximum absolute atomic E-state index is 12.7. The van der Waals surface area contributed by atoms with E-state index in [-0.39, 0.29) is 17.3 Å². The van der Waals surface area contributed by atoms with E-state index < -0.39 is 36.5 Å². The van der Waals surface area contributed by atoms with Crippen molar-refractivity contribution in [1.29, 1.82) is 0 Å². The number of urea groups is 1. The topological polar surface area (TPSA) is 93.6 Å². The second kappa shape index (κ2) is 12.3. The average Bonchev–Trinajstić information content (AvgIpc) is 2.92. The number of carbonyl (C=O) groups excluding carboxylic acids is 2. The minimum atomic E-state index is -5.10. The average molecular weight is 580 g/mol. The van der Waals surface area contributed by atoms with Crippen LogP contribution in [0.2, 0.25) is 0 Å². The van der Waals surface area contributed by atoms with Gasteiger partial charge in [0.15, 0.2) is 0 Å². The molecular formula is C27H22F6N4O4. The number of nitrogens with one attached hydrogen (secondary N) is 1. The molecule has 0 unspecified atom stereocenters. The fourth-order valence-corrected chi connectivity index (χ4v) is 3.83. The Morgan fingerprint density at radius 1 is 0.976 bits per heavy atom. The highest BCUT2D eigenvalue weighted by atomic mass is 19.4. The Bertz CT molecular complexity index is 1410. The van der Waals surface area contributed by atoms with Crippen LogP contribution in [-0.4, -0.2) is 46.1 Å². The summed E-state index contributed by atoms with van der Waals surface area (Å²) in [4.78, 5) is 32.8. The molecule has 4 rings (SSSR count). The van der Waals surface area contributed by atoms with Crippen molar-refractivity contribution in [1.82, 2.24) is 14.9 Å². The maximum Gasteiger partial charge on any atom is 0.490 e. The van der Waals surface area contributed by atoms with Crippen LogP contribution in [0.1, 0.15) is 29.5 Å². The molecule has 1 fully saturated rings. The second-order valence-corrected chi connectivity index (χ2v) is 8.90. The third kappa shape index (κ3) is 8.43. The van der Waals surface area contributed by atoms with Crippen molar-refractivity contribution in [2.45, 2.75) is 31.8 Å². The first-order valence-corrected chi connectivity index (χ1v) is 12.1. The lowest BCUT2D eigenvalue weighted by atomic mass is 10.0. The van der Waals surface area contributed by atoms with Gasteiger partial charge in [-0.1, -0.05) is 23.8 Å². The number of pyridine rings is 2. The number of hydrogen-bond acceptors (Lipinski definition) is 6. The molecule has 1 aromatic carbocycles. The second-order valence-electron chi connectivity index (χ2n) is 8.90. The Hall–Kier alpha value is -4.62. The van der Waals surface area contributed by atoms with Gasteiger partial charge < -0.3 is 14.4 Å². The van der Waals surface area contributed by atoms with Gasteiger partial charge in [-0.05, 0) is 54.3 Å². The molecule has 14 heteroatoms. The predicted octanol–water partition coefficient (Wildman–Crippen LogP) is 6.60. The number of amides is 2. The van der Waals surface area contributed by atoms with Crippen molar-refractivity contribution in [2.24, 2.45) is 0 Å². The molecule has 0 saturated carbocycles. The fraction of sp³-hybridized carbons (Fsp3) is 0.259. The molecule has 41 heavy (non-hydrogen) atoms. The zero-order chi connectivity index (χ0) is 29.6. The van der Waals surface area contributed by atoms with Crippen LogP contribution >= 0.6 is 0 Å². The molecule has 0 atom stereocenters. The van der Waals surface area contributed by atoms with Crippen molar-refractivity contribution in [3.63, 3.8) is 0 Å². The number of esters is 1. The van der Waals surface area contributed by atoms with E-state index in [1.54, 1.807) is 23.1 Å². The molecule has 3 aromatic rings. The van der Waals surface area contributed by atoms with Crippen LogP contribution in [0.3, 0.4) is 0 Å². The predicted molar refractivity (Wildman–Crippen MR) is 134 cm³/mol. The number of likely N-dealkylation sites (tertiary alicyclic amines) is 1. The standard InChI is InChI=1S/C27H22F6N4O4/c28-26(29,30)20-4-5-23(35-15-20)41-21-3-1-2-18(13-21)12-17-7-10-37(11-8-17)25(39)36-22-14-19(6-9-34-22)16-40-24(38)27(31,32)33/h1-6,9,12-15H,7-8,10-11,16H2,(H,34,36,39). The number of anilines is 1. The highest BCUT2D eigenvalue weighted by Crippen LogP contribution is 2.30. The lowest BCUT2D eigenvalue weighted by Crippen LogP contribution is -2.39. The van der Waals surface area contributed by atoms with Crippen LogP contribution in [-0.2, 0) is 22.3 Å². The summed E-state index contributed by atoms with van der Waals surface area (Å²) in [7, 11) is 0. The van der Waals surface area contributed by atoms with Gasteiger partial charge in [-0.3, -0.25) is 5.32 Å². The molecule has 0 bridgehead atoms. The van der Waals surface area contributed by atoms with Crippen LogP contribution < -0.4 is 10.1 Å². The van der Waals surface area contributed by atoms with Gasteiger partial charge in [0.1, 0.15) is 18.2 Å². The summed E-state index contributed by atoms with van der Waals surface area (Å²) in [6.45, 7) is 0.160. The van der Waals surface area contributed by atoms with E-state index in [4.69, 9.17) is 4.74 Å². The summed E-state index contributed by atoms with van der Waals surface area (Å²) in [5.74, 6) is -1.81. The van der Waals surface area contributed by atoms with Gasteiger partial charge in [-0.2, -0.15) is 26.3 Å². The molecule has 1 saturated heterocycles. The molecule has 1 aliphatic heterocycles. The summed E-state index contributed by atoms with van der Waals surface area (Å²) in [5.41, 5.74) is 1.21. The number of aromatic nitrogens is 2. The van der Waals surface area contributed by atoms with E-state index in [1.165, 1.54) is 18.3 Å². The third-order valence-corrected chi connectivity index (χ3v) is 5.87. The molecule has 2 amide bonds. The van der Waals surface area contributed by atoms with Crippen LogP contribution in [0.15, 0.2) is 66.5 Å². The van der Waals surface area contributed by atoms with Gasteiger partial charge in [0.25, 0.3) is 0 Å². The zero-order valence-corrected chi connectivity index (χ0v) is 21.1. The van der Waals surface area contributed by atoms with Gasteiger partial charge in [-0.25, -0.2) is 19.6 Å². The van der Waals surface area contributed by atoms with E-state index in [0.29, 0.717) is 37.9 Å². The summed E-state index contributed by atoms with van der Waals surface area (Å²) in [5, 5.41) is 2.59. The van der Waals surface area contributed by atoms with E-state index >= 15 is 0 Å². The Balaban J connectivity index is 1.29. The monoisotopic (exact) mass is 580 g/mol. The van der Waals surface area contributed by atoms with Crippen LogP contribution in [0.4, 0.5) is 37.0 Å². The normalized spacial score (nSPS) is 13.9. The molecule has 0 spiro atoms. The van der Waals surface area contributed by atoms with Crippen molar-refractivity contribution in [3.8, 4) is 11.6 Å². The number of ether oxygens (including phenoxy) is 2. The van der Waals surface area contributed by atoms with Crippen LogP contribution in [0.25, 0.3) is 6.08 Å². The lowest BCUT2D eigenvalue weighted by molar-refractivity contribution is -0.201. The molecule has 216 valence electrons. The number of rotatable bonds is 6. The number of halogens is 6. The first-order valence-electron chi connectivity index (χ1n) is 12.1. The Labute approximate surface area is 229 Å². The quantitative estimate of drug-likeness (QED) is 0.261. The summed E-state index contributed by atoms with van der Waals surface area (Å²) in [6, 6.07) is 11.2. The minimum Gasteiger partial charge on any atom is -0.454 e.